The lowest BCUT2D eigenvalue weighted by atomic mass is 10.0. The molecule has 5 nitrogen and oxygen atoms in total. The molecule has 0 aliphatic carbocycles. The summed E-state index contributed by atoms with van der Waals surface area (Å²) in [6.45, 7) is 0.124. The normalized spacial score (nSPS) is 12.4. The first-order chi connectivity index (χ1) is 6.24. The minimum Gasteiger partial charge on any atom is -0.481 e. The highest BCUT2D eigenvalue weighted by Crippen LogP contribution is 2.03. The molecule has 3 N–H and O–H groups in total. The van der Waals surface area contributed by atoms with E-state index in [-0.39, 0.29) is 6.54 Å². The summed E-state index contributed by atoms with van der Waals surface area (Å²) in [5.41, 5.74) is 6.00. The number of nitrogens with zero attached hydrogens (tertiary/aromatic N) is 2. The topological polar surface area (TPSA) is 89.1 Å². The van der Waals surface area contributed by atoms with E-state index in [2.05, 4.69) is 9.97 Å². The van der Waals surface area contributed by atoms with Gasteiger partial charge in [0.05, 0.1) is 5.92 Å². The van der Waals surface area contributed by atoms with Crippen LogP contribution in [0.2, 0.25) is 0 Å². The minimum atomic E-state index is -0.888. The van der Waals surface area contributed by atoms with Crippen LogP contribution < -0.4 is 5.73 Å². The lowest BCUT2D eigenvalue weighted by molar-refractivity contribution is -0.141. The Hall–Kier alpha value is -1.49. The molecule has 1 aromatic heterocycles. The third-order valence-corrected chi connectivity index (χ3v) is 1.73. The fourth-order valence-electron chi connectivity index (χ4n) is 0.963. The summed E-state index contributed by atoms with van der Waals surface area (Å²) in [4.78, 5) is 18.3. The Kier molecular flexibility index (Phi) is 3.33. The molecule has 5 heteroatoms. The average molecular weight is 181 g/mol. The van der Waals surface area contributed by atoms with E-state index in [0.29, 0.717) is 12.1 Å². The summed E-state index contributed by atoms with van der Waals surface area (Å²) in [7, 11) is 0. The van der Waals surface area contributed by atoms with E-state index in [9.17, 15) is 4.79 Å². The summed E-state index contributed by atoms with van der Waals surface area (Å²) in [5, 5.41) is 8.71. The van der Waals surface area contributed by atoms with E-state index in [1.807, 2.05) is 0 Å². The first-order valence-electron chi connectivity index (χ1n) is 3.91. The zero-order valence-electron chi connectivity index (χ0n) is 7.05. The predicted octanol–water partition coefficient (Wildman–Crippen LogP) is -0.321. The molecule has 1 aromatic rings. The molecule has 0 radical (unpaired) electrons. The van der Waals surface area contributed by atoms with E-state index in [0.717, 1.165) is 0 Å². The van der Waals surface area contributed by atoms with Crippen LogP contribution in [0.5, 0.6) is 0 Å². The molecular formula is C8H11N3O2. The molecule has 13 heavy (non-hydrogen) atoms. The standard InChI is InChI=1S/C8H11N3O2/c9-4-6(8(12)13)3-7-1-2-10-5-11-7/h1-2,5-6H,3-4,9H2,(H,12,13). The quantitative estimate of drug-likeness (QED) is 0.664. The average Bonchev–Trinajstić information content (AvgIpc) is 2.15. The van der Waals surface area contributed by atoms with Crippen LogP contribution in [-0.4, -0.2) is 27.6 Å². The van der Waals surface area contributed by atoms with Gasteiger partial charge in [0.1, 0.15) is 6.33 Å². The van der Waals surface area contributed by atoms with Crippen molar-refractivity contribution in [2.45, 2.75) is 6.42 Å². The Morgan fingerprint density at radius 2 is 2.46 bits per heavy atom. The number of aromatic nitrogens is 2. The smallest absolute Gasteiger partial charge is 0.308 e. The van der Waals surface area contributed by atoms with Crippen molar-refractivity contribution in [3.8, 4) is 0 Å². The monoisotopic (exact) mass is 181 g/mol. The van der Waals surface area contributed by atoms with Gasteiger partial charge in [0.2, 0.25) is 0 Å². The van der Waals surface area contributed by atoms with Gasteiger partial charge in [-0.2, -0.15) is 0 Å². The Morgan fingerprint density at radius 3 is 2.92 bits per heavy atom. The molecule has 1 rings (SSSR count). The van der Waals surface area contributed by atoms with Gasteiger partial charge in [-0.25, -0.2) is 9.97 Å². The molecule has 0 fully saturated rings. The van der Waals surface area contributed by atoms with Gasteiger partial charge >= 0.3 is 5.97 Å². The number of carbonyl (C=O) groups is 1. The number of hydrogen-bond acceptors (Lipinski definition) is 4. The van der Waals surface area contributed by atoms with E-state index < -0.39 is 11.9 Å². The van der Waals surface area contributed by atoms with Crippen molar-refractivity contribution >= 4 is 5.97 Å². The number of nitrogens with two attached hydrogens (primary N) is 1. The van der Waals surface area contributed by atoms with Crippen molar-refractivity contribution in [1.29, 1.82) is 0 Å². The second kappa shape index (κ2) is 4.51. The van der Waals surface area contributed by atoms with Gasteiger partial charge in [0, 0.05) is 24.9 Å². The highest BCUT2D eigenvalue weighted by molar-refractivity contribution is 5.70. The van der Waals surface area contributed by atoms with Crippen LogP contribution in [-0.2, 0) is 11.2 Å². The minimum absolute atomic E-state index is 0.124. The van der Waals surface area contributed by atoms with Crippen LogP contribution in [0.4, 0.5) is 0 Å². The second-order valence-electron chi connectivity index (χ2n) is 2.68. The molecule has 0 aliphatic heterocycles. The number of hydrogen-bond donors (Lipinski definition) is 2. The number of rotatable bonds is 4. The first kappa shape index (κ1) is 9.60. The maximum absolute atomic E-state index is 10.6. The molecule has 70 valence electrons. The molecule has 1 heterocycles. The van der Waals surface area contributed by atoms with Crippen molar-refractivity contribution in [3.05, 3.63) is 24.3 Å². The van der Waals surface area contributed by atoms with Crippen molar-refractivity contribution in [3.63, 3.8) is 0 Å². The van der Waals surface area contributed by atoms with Crippen LogP contribution in [0.15, 0.2) is 18.6 Å². The highest BCUT2D eigenvalue weighted by Gasteiger charge is 2.16. The highest BCUT2D eigenvalue weighted by atomic mass is 16.4. The Labute approximate surface area is 75.6 Å². The van der Waals surface area contributed by atoms with E-state index >= 15 is 0 Å². The zero-order chi connectivity index (χ0) is 9.68. The van der Waals surface area contributed by atoms with E-state index in [1.54, 1.807) is 12.3 Å². The fourth-order valence-corrected chi connectivity index (χ4v) is 0.963. The summed E-state index contributed by atoms with van der Waals surface area (Å²) in [6, 6.07) is 1.69. The first-order valence-corrected chi connectivity index (χ1v) is 3.91. The van der Waals surface area contributed by atoms with Gasteiger partial charge < -0.3 is 10.8 Å². The second-order valence-corrected chi connectivity index (χ2v) is 2.68. The predicted molar refractivity (Wildman–Crippen MR) is 45.9 cm³/mol. The maximum Gasteiger partial charge on any atom is 0.308 e. The van der Waals surface area contributed by atoms with Crippen molar-refractivity contribution in [1.82, 2.24) is 9.97 Å². The van der Waals surface area contributed by atoms with Gasteiger partial charge in [-0.05, 0) is 6.07 Å². The SMILES string of the molecule is NCC(Cc1ccncn1)C(=O)O. The van der Waals surface area contributed by atoms with Crippen molar-refractivity contribution in [2.24, 2.45) is 11.7 Å². The van der Waals surface area contributed by atoms with Crippen LogP contribution >= 0.6 is 0 Å². The van der Waals surface area contributed by atoms with Crippen molar-refractivity contribution in [2.75, 3.05) is 6.54 Å². The summed E-state index contributed by atoms with van der Waals surface area (Å²) in [6.07, 6.45) is 3.33. The molecule has 0 aliphatic rings. The largest absolute Gasteiger partial charge is 0.481 e. The molecule has 1 unspecified atom stereocenters. The van der Waals surface area contributed by atoms with Gasteiger partial charge in [-0.15, -0.1) is 0 Å². The number of carboxylic acid groups (broad SMARTS) is 1. The van der Waals surface area contributed by atoms with Crippen LogP contribution in [0, 0.1) is 5.92 Å². The Bertz CT molecular complexity index is 276. The van der Waals surface area contributed by atoms with E-state index in [1.165, 1.54) is 6.33 Å². The summed E-state index contributed by atoms with van der Waals surface area (Å²) < 4.78 is 0. The number of carboxylic acids is 1. The Morgan fingerprint density at radius 1 is 1.69 bits per heavy atom. The van der Waals surface area contributed by atoms with Gasteiger partial charge in [0.25, 0.3) is 0 Å². The van der Waals surface area contributed by atoms with Crippen LogP contribution in [0.3, 0.4) is 0 Å². The molecule has 0 spiro atoms. The number of aliphatic carboxylic acids is 1. The molecule has 0 saturated carbocycles. The lowest BCUT2D eigenvalue weighted by Crippen LogP contribution is -2.25. The zero-order valence-corrected chi connectivity index (χ0v) is 7.05. The third-order valence-electron chi connectivity index (χ3n) is 1.73. The van der Waals surface area contributed by atoms with Crippen molar-refractivity contribution < 1.29 is 9.90 Å². The maximum atomic E-state index is 10.6. The summed E-state index contributed by atoms with van der Waals surface area (Å²) in [5.74, 6) is -1.45. The Balaban J connectivity index is 2.62. The molecule has 0 aromatic carbocycles. The third kappa shape index (κ3) is 2.79. The molecule has 0 amide bonds. The van der Waals surface area contributed by atoms with Gasteiger partial charge in [0.15, 0.2) is 0 Å². The van der Waals surface area contributed by atoms with Gasteiger partial charge in [-0.3, -0.25) is 4.79 Å². The van der Waals surface area contributed by atoms with Crippen LogP contribution in [0.1, 0.15) is 5.69 Å². The summed E-state index contributed by atoms with van der Waals surface area (Å²) >= 11 is 0. The molecule has 0 bridgehead atoms. The van der Waals surface area contributed by atoms with E-state index in [4.69, 9.17) is 10.8 Å². The lowest BCUT2D eigenvalue weighted by Gasteiger charge is -2.07. The fraction of sp³-hybridized carbons (Fsp3) is 0.375. The van der Waals surface area contributed by atoms with Crippen LogP contribution in [0.25, 0.3) is 0 Å². The molecule has 1 atom stereocenters. The molecular weight excluding hydrogens is 170 g/mol. The van der Waals surface area contributed by atoms with Gasteiger partial charge in [-0.1, -0.05) is 0 Å². The molecule has 0 saturated heterocycles.